The highest BCUT2D eigenvalue weighted by Gasteiger charge is 2.24. The Balaban J connectivity index is 2.01. The lowest BCUT2D eigenvalue weighted by molar-refractivity contribution is -0.139. The fourth-order valence-corrected chi connectivity index (χ4v) is 3.99. The molecule has 22 heavy (non-hydrogen) atoms. The van der Waals surface area contributed by atoms with E-state index in [1.54, 1.807) is 11.3 Å². The highest BCUT2D eigenvalue weighted by atomic mass is 32.1. The third-order valence-corrected chi connectivity index (χ3v) is 4.97. The van der Waals surface area contributed by atoms with Gasteiger partial charge in [0.15, 0.2) is 0 Å². The third kappa shape index (κ3) is 2.74. The zero-order chi connectivity index (χ0) is 15.7. The smallest absolute Gasteiger partial charge is 0.326 e. The molecule has 0 aliphatic heterocycles. The second-order valence-electron chi connectivity index (χ2n) is 5.32. The number of thiophene rings is 1. The normalized spacial score (nSPS) is 15.3. The number of carboxylic acids is 1. The van der Waals surface area contributed by atoms with Crippen molar-refractivity contribution in [1.29, 1.82) is 0 Å². The van der Waals surface area contributed by atoms with Crippen LogP contribution in [0.2, 0.25) is 0 Å². The second kappa shape index (κ2) is 5.88. The Labute approximate surface area is 130 Å². The molecule has 0 saturated heterocycles. The van der Waals surface area contributed by atoms with E-state index < -0.39 is 17.9 Å². The maximum absolute atomic E-state index is 11.3. The van der Waals surface area contributed by atoms with Crippen molar-refractivity contribution in [2.24, 2.45) is 5.73 Å². The maximum atomic E-state index is 11.3. The van der Waals surface area contributed by atoms with Gasteiger partial charge < -0.3 is 16.2 Å². The molecule has 0 fully saturated rings. The molecule has 0 saturated carbocycles. The fraction of sp³-hybridized carbons (Fsp3) is 0.429. The van der Waals surface area contributed by atoms with Crippen molar-refractivity contribution in [3.63, 3.8) is 0 Å². The van der Waals surface area contributed by atoms with Crippen molar-refractivity contribution in [2.45, 2.75) is 38.1 Å². The monoisotopic (exact) mass is 320 g/mol. The van der Waals surface area contributed by atoms with Crippen LogP contribution in [0, 0.1) is 0 Å². The molecule has 0 bridgehead atoms. The summed E-state index contributed by atoms with van der Waals surface area (Å²) < 4.78 is 0. The van der Waals surface area contributed by atoms with Gasteiger partial charge in [-0.15, -0.1) is 11.3 Å². The van der Waals surface area contributed by atoms with Gasteiger partial charge in [-0.05, 0) is 31.2 Å². The van der Waals surface area contributed by atoms with Crippen LogP contribution >= 0.6 is 11.3 Å². The zero-order valence-electron chi connectivity index (χ0n) is 11.8. The van der Waals surface area contributed by atoms with Crippen LogP contribution in [-0.2, 0) is 22.4 Å². The number of carbonyl (C=O) groups is 2. The van der Waals surface area contributed by atoms with E-state index in [9.17, 15) is 14.7 Å². The largest absolute Gasteiger partial charge is 0.480 e. The predicted molar refractivity (Wildman–Crippen MR) is 82.9 cm³/mol. The minimum atomic E-state index is -1.13. The Bertz CT molecular complexity index is 743. The zero-order valence-corrected chi connectivity index (χ0v) is 12.7. The summed E-state index contributed by atoms with van der Waals surface area (Å²) in [5.74, 6) is -1.33. The van der Waals surface area contributed by atoms with Gasteiger partial charge in [-0.25, -0.2) is 14.8 Å². The minimum Gasteiger partial charge on any atom is -0.480 e. The summed E-state index contributed by atoms with van der Waals surface area (Å²) in [4.78, 5) is 33.0. The predicted octanol–water partition coefficient (Wildman–Crippen LogP) is 1.31. The molecule has 0 radical (unpaired) electrons. The quantitative estimate of drug-likeness (QED) is 0.764. The Morgan fingerprint density at radius 1 is 1.36 bits per heavy atom. The van der Waals surface area contributed by atoms with Gasteiger partial charge in [0.2, 0.25) is 5.91 Å². The molecule has 1 aliphatic rings. The minimum absolute atomic E-state index is 0.285. The van der Waals surface area contributed by atoms with Crippen LogP contribution in [0.4, 0.5) is 5.82 Å². The van der Waals surface area contributed by atoms with Crippen molar-refractivity contribution in [3.05, 3.63) is 16.8 Å². The van der Waals surface area contributed by atoms with E-state index >= 15 is 0 Å². The van der Waals surface area contributed by atoms with E-state index in [2.05, 4.69) is 15.3 Å². The molecular formula is C14H16N4O3S. The Kier molecular flexibility index (Phi) is 3.93. The number of nitrogens with one attached hydrogen (secondary N) is 1. The number of nitrogens with zero attached hydrogens (tertiary/aromatic N) is 2. The Hall–Kier alpha value is -2.22. The van der Waals surface area contributed by atoms with Crippen molar-refractivity contribution >= 4 is 39.2 Å². The van der Waals surface area contributed by atoms with E-state index in [1.807, 2.05) is 0 Å². The van der Waals surface area contributed by atoms with Crippen LogP contribution in [0.5, 0.6) is 0 Å². The first-order chi connectivity index (χ1) is 10.6. The number of amides is 1. The number of hydrogen-bond acceptors (Lipinski definition) is 6. The number of hydrogen-bond donors (Lipinski definition) is 3. The number of carboxylic acid groups (broad SMARTS) is 1. The Morgan fingerprint density at radius 2 is 2.14 bits per heavy atom. The number of anilines is 1. The summed E-state index contributed by atoms with van der Waals surface area (Å²) in [7, 11) is 0. The van der Waals surface area contributed by atoms with Gasteiger partial charge in [-0.3, -0.25) is 4.79 Å². The van der Waals surface area contributed by atoms with Crippen LogP contribution in [0.1, 0.15) is 29.7 Å². The van der Waals surface area contributed by atoms with Gasteiger partial charge in [0.1, 0.15) is 23.0 Å². The molecule has 1 amide bonds. The molecule has 7 nitrogen and oxygen atoms in total. The lowest BCUT2D eigenvalue weighted by Gasteiger charge is -2.16. The van der Waals surface area contributed by atoms with Crippen LogP contribution in [0.3, 0.4) is 0 Å². The van der Waals surface area contributed by atoms with E-state index in [1.165, 1.54) is 16.8 Å². The van der Waals surface area contributed by atoms with E-state index in [0.717, 1.165) is 35.9 Å². The number of aromatic nitrogens is 2. The summed E-state index contributed by atoms with van der Waals surface area (Å²) in [5, 5.41) is 13.0. The lowest BCUT2D eigenvalue weighted by Crippen LogP contribution is -2.34. The van der Waals surface area contributed by atoms with Crippen molar-refractivity contribution in [1.82, 2.24) is 9.97 Å². The number of rotatable bonds is 5. The molecule has 4 N–H and O–H groups in total. The van der Waals surface area contributed by atoms with E-state index in [4.69, 9.17) is 5.73 Å². The summed E-state index contributed by atoms with van der Waals surface area (Å²) >= 11 is 1.63. The van der Waals surface area contributed by atoms with Gasteiger partial charge in [-0.2, -0.15) is 0 Å². The molecule has 3 rings (SSSR count). The molecule has 116 valence electrons. The molecule has 1 aliphatic carbocycles. The third-order valence-electron chi connectivity index (χ3n) is 3.77. The van der Waals surface area contributed by atoms with Crippen LogP contribution in [-0.4, -0.2) is 33.0 Å². The number of aryl methyl sites for hydroxylation is 2. The fourth-order valence-electron chi connectivity index (χ4n) is 2.77. The standard InChI is InChI=1S/C14H16N4O3S/c15-10(19)5-8(14(20)21)18-12-11-7-3-1-2-4-9(7)22-13(11)17-6-16-12/h6,8H,1-5H2,(H2,15,19)(H,20,21)(H,16,17,18). The maximum Gasteiger partial charge on any atom is 0.326 e. The van der Waals surface area contributed by atoms with E-state index in [0.29, 0.717) is 5.82 Å². The van der Waals surface area contributed by atoms with Gasteiger partial charge in [0.25, 0.3) is 0 Å². The number of carbonyl (C=O) groups excluding carboxylic acids is 1. The molecular weight excluding hydrogens is 304 g/mol. The average Bonchev–Trinajstić information content (AvgIpc) is 2.85. The van der Waals surface area contributed by atoms with E-state index in [-0.39, 0.29) is 6.42 Å². The molecule has 0 spiro atoms. The van der Waals surface area contributed by atoms with Crippen molar-refractivity contribution in [2.75, 3.05) is 5.32 Å². The first kappa shape index (κ1) is 14.7. The van der Waals surface area contributed by atoms with Crippen molar-refractivity contribution in [3.8, 4) is 0 Å². The van der Waals surface area contributed by atoms with Gasteiger partial charge >= 0.3 is 5.97 Å². The van der Waals surface area contributed by atoms with Crippen LogP contribution < -0.4 is 11.1 Å². The summed E-state index contributed by atoms with van der Waals surface area (Å²) in [6.45, 7) is 0. The number of aliphatic carboxylic acids is 1. The number of primary amides is 1. The first-order valence-corrected chi connectivity index (χ1v) is 7.91. The Morgan fingerprint density at radius 3 is 2.86 bits per heavy atom. The topological polar surface area (TPSA) is 118 Å². The molecule has 1 unspecified atom stereocenters. The summed E-state index contributed by atoms with van der Waals surface area (Å²) in [5.41, 5.74) is 6.32. The van der Waals surface area contributed by atoms with Crippen LogP contribution in [0.15, 0.2) is 6.33 Å². The molecule has 0 aromatic carbocycles. The van der Waals surface area contributed by atoms with Gasteiger partial charge in [-0.1, -0.05) is 0 Å². The second-order valence-corrected chi connectivity index (χ2v) is 6.40. The average molecular weight is 320 g/mol. The van der Waals surface area contributed by atoms with Gasteiger partial charge in [0.05, 0.1) is 11.8 Å². The van der Waals surface area contributed by atoms with Gasteiger partial charge in [0, 0.05) is 4.88 Å². The first-order valence-electron chi connectivity index (χ1n) is 7.09. The van der Waals surface area contributed by atoms with Crippen molar-refractivity contribution < 1.29 is 14.7 Å². The number of fused-ring (bicyclic) bond motifs is 3. The molecule has 2 aromatic heterocycles. The molecule has 8 heteroatoms. The summed E-state index contributed by atoms with van der Waals surface area (Å²) in [6, 6.07) is -1.09. The van der Waals surface area contributed by atoms with Crippen LogP contribution in [0.25, 0.3) is 10.2 Å². The molecule has 2 aromatic rings. The number of nitrogens with two attached hydrogens (primary N) is 1. The highest BCUT2D eigenvalue weighted by Crippen LogP contribution is 2.38. The lowest BCUT2D eigenvalue weighted by atomic mass is 9.97. The summed E-state index contributed by atoms with van der Waals surface area (Å²) in [6.07, 6.45) is 5.37. The SMILES string of the molecule is NC(=O)CC(Nc1ncnc2sc3c(c12)CCCC3)C(=O)O. The molecule has 1 atom stereocenters. The highest BCUT2D eigenvalue weighted by molar-refractivity contribution is 7.19. The molecule has 2 heterocycles.